The van der Waals surface area contributed by atoms with E-state index < -0.39 is 0 Å². The van der Waals surface area contributed by atoms with Gasteiger partial charge in [0.15, 0.2) is 0 Å². The molecule has 0 heterocycles. The minimum Gasteiger partial charge on any atom is -0.338 e. The van der Waals surface area contributed by atoms with Crippen LogP contribution in [-0.2, 0) is 0 Å². The normalized spacial score (nSPS) is 12.3. The van der Waals surface area contributed by atoms with Gasteiger partial charge in [0.05, 0.1) is 6.54 Å². The van der Waals surface area contributed by atoms with Gasteiger partial charge in [-0.25, -0.2) is 0 Å². The molecule has 3 heteroatoms. The van der Waals surface area contributed by atoms with Crippen LogP contribution in [0.1, 0.15) is 49.2 Å². The first-order valence-electron chi connectivity index (χ1n) is 7.24. The Labute approximate surface area is 128 Å². The van der Waals surface area contributed by atoms with Gasteiger partial charge in [-0.15, -0.1) is 0 Å². The van der Waals surface area contributed by atoms with Crippen molar-refractivity contribution in [2.24, 2.45) is 11.1 Å². The van der Waals surface area contributed by atoms with E-state index in [1.807, 2.05) is 32.2 Å². The highest BCUT2D eigenvalue weighted by Gasteiger charge is 2.27. The number of hydrogen-bond acceptors (Lipinski definition) is 2. The molecule has 0 aromatic heterocycles. The van der Waals surface area contributed by atoms with Gasteiger partial charge in [0.25, 0.3) is 5.91 Å². The molecule has 2 N–H and O–H groups in total. The Kier molecular flexibility index (Phi) is 5.57. The number of carbonyl (C=O) groups excluding carboxylic acids is 1. The highest BCUT2D eigenvalue weighted by Crippen LogP contribution is 2.24. The molecular formula is C18H26N2O. The molecule has 0 aliphatic carbocycles. The third kappa shape index (κ3) is 4.61. The topological polar surface area (TPSA) is 46.3 Å². The van der Waals surface area contributed by atoms with Gasteiger partial charge in [0.2, 0.25) is 0 Å². The van der Waals surface area contributed by atoms with Crippen molar-refractivity contribution in [2.45, 2.75) is 40.7 Å². The molecule has 21 heavy (non-hydrogen) atoms. The second kappa shape index (κ2) is 6.78. The van der Waals surface area contributed by atoms with Crippen LogP contribution in [0.2, 0.25) is 0 Å². The largest absolute Gasteiger partial charge is 0.338 e. The molecule has 0 spiro atoms. The van der Waals surface area contributed by atoms with Gasteiger partial charge in [-0.1, -0.05) is 32.6 Å². The summed E-state index contributed by atoms with van der Waals surface area (Å²) in [6.07, 6.45) is 0. The molecule has 0 saturated carbocycles. The fourth-order valence-electron chi connectivity index (χ4n) is 2.09. The van der Waals surface area contributed by atoms with E-state index in [-0.39, 0.29) is 17.4 Å². The lowest BCUT2D eigenvalue weighted by Crippen LogP contribution is -2.43. The number of nitrogens with zero attached hydrogens (tertiary/aromatic N) is 1. The van der Waals surface area contributed by atoms with Crippen molar-refractivity contribution in [3.63, 3.8) is 0 Å². The average molecular weight is 286 g/mol. The van der Waals surface area contributed by atoms with Gasteiger partial charge < -0.3 is 10.6 Å². The molecule has 1 amide bonds. The van der Waals surface area contributed by atoms with Crippen molar-refractivity contribution in [2.75, 3.05) is 13.6 Å². The van der Waals surface area contributed by atoms with Crippen LogP contribution in [0.15, 0.2) is 18.2 Å². The Morgan fingerprint density at radius 2 is 1.95 bits per heavy atom. The summed E-state index contributed by atoms with van der Waals surface area (Å²) < 4.78 is 0. The van der Waals surface area contributed by atoms with E-state index in [0.29, 0.717) is 12.1 Å². The number of benzene rings is 1. The molecule has 1 unspecified atom stereocenters. The quantitative estimate of drug-likeness (QED) is 0.850. The van der Waals surface area contributed by atoms with E-state index in [0.717, 1.165) is 11.1 Å². The fourth-order valence-corrected chi connectivity index (χ4v) is 2.09. The summed E-state index contributed by atoms with van der Waals surface area (Å²) in [5, 5.41) is 0. The lowest BCUT2D eigenvalue weighted by molar-refractivity contribution is 0.0629. The summed E-state index contributed by atoms with van der Waals surface area (Å²) in [5.74, 6) is 5.85. The van der Waals surface area contributed by atoms with Crippen molar-refractivity contribution < 1.29 is 4.79 Å². The monoisotopic (exact) mass is 286 g/mol. The predicted molar refractivity (Wildman–Crippen MR) is 88.1 cm³/mol. The summed E-state index contributed by atoms with van der Waals surface area (Å²) in [5.41, 5.74) is 7.97. The summed E-state index contributed by atoms with van der Waals surface area (Å²) in [7, 11) is 1.85. The number of rotatable bonds is 2. The van der Waals surface area contributed by atoms with E-state index in [1.165, 1.54) is 0 Å². The van der Waals surface area contributed by atoms with Crippen molar-refractivity contribution in [3.8, 4) is 11.8 Å². The Morgan fingerprint density at radius 3 is 2.48 bits per heavy atom. The smallest absolute Gasteiger partial charge is 0.253 e. The molecule has 3 nitrogen and oxygen atoms in total. The zero-order valence-electron chi connectivity index (χ0n) is 13.9. The molecule has 1 aromatic rings. The highest BCUT2D eigenvalue weighted by molar-refractivity contribution is 5.94. The van der Waals surface area contributed by atoms with Gasteiger partial charge in [-0.05, 0) is 43.0 Å². The molecule has 0 fully saturated rings. The molecule has 1 aromatic carbocycles. The Balaban J connectivity index is 3.10. The van der Waals surface area contributed by atoms with E-state index in [2.05, 4.69) is 39.5 Å². The zero-order chi connectivity index (χ0) is 16.2. The lowest BCUT2D eigenvalue weighted by atomic mass is 9.87. The SMILES string of the molecule is Cc1cc(C#CCN)cc(C(=O)N(C)C(C)C(C)(C)C)c1. The summed E-state index contributed by atoms with van der Waals surface area (Å²) in [6.45, 7) is 10.8. The maximum Gasteiger partial charge on any atom is 0.253 e. The minimum atomic E-state index is 0.0249. The van der Waals surface area contributed by atoms with E-state index in [4.69, 9.17) is 5.73 Å². The summed E-state index contributed by atoms with van der Waals surface area (Å²) in [4.78, 5) is 14.5. The third-order valence-corrected chi connectivity index (χ3v) is 3.81. The number of aryl methyl sites for hydroxylation is 1. The van der Waals surface area contributed by atoms with Crippen LogP contribution in [0.4, 0.5) is 0 Å². The third-order valence-electron chi connectivity index (χ3n) is 3.81. The molecule has 0 aliphatic heterocycles. The molecule has 114 valence electrons. The van der Waals surface area contributed by atoms with Gasteiger partial charge in [0, 0.05) is 24.2 Å². The van der Waals surface area contributed by atoms with Crippen LogP contribution in [0, 0.1) is 24.2 Å². The Bertz CT molecular complexity index is 573. The molecule has 0 bridgehead atoms. The molecular weight excluding hydrogens is 260 g/mol. The van der Waals surface area contributed by atoms with Crippen LogP contribution in [0.5, 0.6) is 0 Å². The van der Waals surface area contributed by atoms with E-state index in [1.54, 1.807) is 4.90 Å². The first-order chi connectivity index (χ1) is 9.66. The molecule has 1 atom stereocenters. The van der Waals surface area contributed by atoms with E-state index in [9.17, 15) is 4.79 Å². The van der Waals surface area contributed by atoms with Crippen molar-refractivity contribution in [3.05, 3.63) is 34.9 Å². The number of hydrogen-bond donors (Lipinski definition) is 1. The predicted octanol–water partition coefficient (Wildman–Crippen LogP) is 2.81. The van der Waals surface area contributed by atoms with Gasteiger partial charge in [-0.3, -0.25) is 4.79 Å². The molecule has 1 rings (SSSR count). The number of amides is 1. The van der Waals surface area contributed by atoms with Crippen molar-refractivity contribution >= 4 is 5.91 Å². The molecule has 0 aliphatic rings. The van der Waals surface area contributed by atoms with Crippen LogP contribution >= 0.6 is 0 Å². The van der Waals surface area contributed by atoms with E-state index >= 15 is 0 Å². The van der Waals surface area contributed by atoms with Crippen LogP contribution < -0.4 is 5.73 Å². The van der Waals surface area contributed by atoms with Crippen molar-refractivity contribution in [1.82, 2.24) is 4.90 Å². The first-order valence-corrected chi connectivity index (χ1v) is 7.24. The van der Waals surface area contributed by atoms with Crippen LogP contribution in [-0.4, -0.2) is 30.4 Å². The van der Waals surface area contributed by atoms with Crippen LogP contribution in [0.25, 0.3) is 0 Å². The zero-order valence-corrected chi connectivity index (χ0v) is 13.9. The van der Waals surface area contributed by atoms with Gasteiger partial charge in [-0.2, -0.15) is 0 Å². The average Bonchev–Trinajstić information content (AvgIpc) is 2.41. The Hall–Kier alpha value is -1.79. The molecule has 0 radical (unpaired) electrons. The second-order valence-electron chi connectivity index (χ2n) is 6.55. The highest BCUT2D eigenvalue weighted by atomic mass is 16.2. The lowest BCUT2D eigenvalue weighted by Gasteiger charge is -2.35. The van der Waals surface area contributed by atoms with Gasteiger partial charge >= 0.3 is 0 Å². The van der Waals surface area contributed by atoms with Crippen molar-refractivity contribution in [1.29, 1.82) is 0 Å². The number of carbonyl (C=O) groups is 1. The summed E-state index contributed by atoms with van der Waals surface area (Å²) in [6, 6.07) is 5.85. The maximum atomic E-state index is 12.7. The Morgan fingerprint density at radius 1 is 1.33 bits per heavy atom. The first kappa shape index (κ1) is 17.3. The minimum absolute atomic E-state index is 0.0249. The maximum absolute atomic E-state index is 12.7. The van der Waals surface area contributed by atoms with Crippen LogP contribution in [0.3, 0.4) is 0 Å². The molecule has 0 saturated heterocycles. The number of nitrogens with two attached hydrogens (primary N) is 1. The van der Waals surface area contributed by atoms with Gasteiger partial charge in [0.1, 0.15) is 0 Å². The summed E-state index contributed by atoms with van der Waals surface area (Å²) >= 11 is 0. The second-order valence-corrected chi connectivity index (χ2v) is 6.55. The standard InChI is InChI=1S/C18H26N2O/c1-13-10-15(8-7-9-19)12-16(11-13)17(21)20(6)14(2)18(3,4)5/h10-12,14H,9,19H2,1-6H3. The fraction of sp³-hybridized carbons (Fsp3) is 0.500.